The number of aromatic nitrogens is 4. The molecule has 2 aromatic carbocycles. The van der Waals surface area contributed by atoms with Crippen LogP contribution >= 0.6 is 0 Å². The Bertz CT molecular complexity index is 1550. The summed E-state index contributed by atoms with van der Waals surface area (Å²) in [5.41, 5.74) is 12.6. The van der Waals surface area contributed by atoms with Gasteiger partial charge in [-0.25, -0.2) is 4.98 Å². The number of aryl methyl sites for hydroxylation is 1. The summed E-state index contributed by atoms with van der Waals surface area (Å²) in [5.74, 6) is 0.891. The van der Waals surface area contributed by atoms with E-state index >= 15 is 0 Å². The monoisotopic (exact) mass is 546 g/mol. The largest absolute Gasteiger partial charge is 0.368 e. The molecule has 0 aliphatic heterocycles. The third-order valence-electron chi connectivity index (χ3n) is 5.66. The smallest absolute Gasteiger partial charge is 0.222 e. The van der Waals surface area contributed by atoms with Gasteiger partial charge in [0.15, 0.2) is 0 Å². The predicted octanol–water partition coefficient (Wildman–Crippen LogP) is 8.49. The highest BCUT2D eigenvalue weighted by Crippen LogP contribution is 2.26. The van der Waals surface area contributed by atoms with Gasteiger partial charge in [0.25, 0.3) is 0 Å². The van der Waals surface area contributed by atoms with Crippen LogP contribution in [0.2, 0.25) is 0 Å². The third kappa shape index (κ3) is 8.90. The Morgan fingerprint density at radius 3 is 2.15 bits per heavy atom. The van der Waals surface area contributed by atoms with Crippen LogP contribution in [0.5, 0.6) is 0 Å². The summed E-state index contributed by atoms with van der Waals surface area (Å²) in [6.07, 6.45) is 7.59. The van der Waals surface area contributed by atoms with Crippen LogP contribution < -0.4 is 21.7 Å². The zero-order valence-electron chi connectivity index (χ0n) is 24.3. The van der Waals surface area contributed by atoms with Gasteiger partial charge in [0.1, 0.15) is 5.82 Å². The summed E-state index contributed by atoms with van der Waals surface area (Å²) in [4.78, 5) is 17.2. The lowest BCUT2D eigenvalue weighted by atomic mass is 10.2. The Kier molecular flexibility index (Phi) is 11.4. The van der Waals surface area contributed by atoms with E-state index in [0.29, 0.717) is 11.5 Å². The second-order valence-electron chi connectivity index (χ2n) is 8.66. The van der Waals surface area contributed by atoms with Crippen LogP contribution in [-0.4, -0.2) is 19.9 Å². The molecule has 8 heteroatoms. The minimum Gasteiger partial charge on any atom is -0.368 e. The summed E-state index contributed by atoms with van der Waals surface area (Å²) in [6.45, 7) is 14.0. The highest BCUT2D eigenvalue weighted by Gasteiger charge is 2.06. The summed E-state index contributed by atoms with van der Waals surface area (Å²) < 4.78 is 0. The van der Waals surface area contributed by atoms with Crippen LogP contribution in [0, 0.1) is 6.92 Å². The lowest BCUT2D eigenvalue weighted by Crippen LogP contribution is -2.02. The van der Waals surface area contributed by atoms with E-state index in [1.165, 1.54) is 0 Å². The molecular weight excluding hydrogens is 508 g/mol. The van der Waals surface area contributed by atoms with Crippen molar-refractivity contribution in [3.8, 4) is 0 Å². The molecule has 0 aliphatic rings. The summed E-state index contributed by atoms with van der Waals surface area (Å²) in [7, 11) is 0. The fraction of sp³-hybridized carbons (Fsp3) is 0.152. The average molecular weight is 547 g/mol. The fourth-order valence-electron chi connectivity index (χ4n) is 3.69. The number of allylic oxidation sites excluding steroid dienone is 2. The van der Waals surface area contributed by atoms with Crippen molar-refractivity contribution >= 4 is 51.1 Å². The van der Waals surface area contributed by atoms with Crippen molar-refractivity contribution in [2.45, 2.75) is 34.6 Å². The maximum atomic E-state index is 5.72. The number of nitrogen functional groups attached to an aromatic ring is 1. The molecule has 0 saturated carbocycles. The van der Waals surface area contributed by atoms with E-state index in [-0.39, 0.29) is 5.95 Å². The molecule has 5 rings (SSSR count). The molecule has 41 heavy (non-hydrogen) atoms. The molecule has 0 aliphatic carbocycles. The third-order valence-corrected chi connectivity index (χ3v) is 5.66. The van der Waals surface area contributed by atoms with Gasteiger partial charge in [-0.15, -0.1) is 0 Å². The molecule has 0 atom stereocenters. The molecule has 8 nitrogen and oxygen atoms in total. The molecule has 0 radical (unpaired) electrons. The number of nitrogens with zero attached hydrogens (tertiary/aromatic N) is 4. The van der Waals surface area contributed by atoms with Gasteiger partial charge < -0.3 is 21.7 Å². The molecule has 5 N–H and O–H groups in total. The van der Waals surface area contributed by atoms with Crippen LogP contribution in [-0.2, 0) is 0 Å². The topological polar surface area (TPSA) is 114 Å². The number of hydrogen-bond acceptors (Lipinski definition) is 8. The van der Waals surface area contributed by atoms with Crippen LogP contribution in [0.25, 0.3) is 16.6 Å². The number of para-hydroxylation sites is 1. The Morgan fingerprint density at radius 1 is 0.805 bits per heavy atom. The number of nitrogens with one attached hydrogen (secondary N) is 3. The van der Waals surface area contributed by atoms with Crippen molar-refractivity contribution in [1.82, 2.24) is 19.9 Å². The first-order valence-electron chi connectivity index (χ1n) is 13.5. The van der Waals surface area contributed by atoms with Gasteiger partial charge in [-0.1, -0.05) is 50.8 Å². The van der Waals surface area contributed by atoms with E-state index in [0.717, 1.165) is 45.0 Å². The minimum atomic E-state index is 0.241. The Hall–Kier alpha value is -5.24. The summed E-state index contributed by atoms with van der Waals surface area (Å²) >= 11 is 0. The standard InChI is InChI=1S/C27H24N8.C4H8.C2H6/c1-17-15-26(35-27(28)31-17)34-20-9-7-19(8-10-20)32-18(2)23-12-11-21(16-30-23)33-25-13-14-29-24-6-4-3-5-22(24)25;1-3-4-2;1-2/h3-16,32H,2H2,1H3,(H,29,33)(H3,28,31,34,35);3-4H,1-2H3;1-2H3/b;4-3-;. The quantitative estimate of drug-likeness (QED) is 0.150. The number of fused-ring (bicyclic) bond motifs is 1. The highest BCUT2D eigenvalue weighted by atomic mass is 15.1. The number of benzene rings is 2. The zero-order valence-corrected chi connectivity index (χ0v) is 24.3. The van der Waals surface area contributed by atoms with Gasteiger partial charge in [-0.2, -0.15) is 4.98 Å². The van der Waals surface area contributed by atoms with Gasteiger partial charge in [0, 0.05) is 40.4 Å². The fourth-order valence-corrected chi connectivity index (χ4v) is 3.69. The predicted molar refractivity (Wildman–Crippen MR) is 175 cm³/mol. The van der Waals surface area contributed by atoms with Crippen LogP contribution in [0.3, 0.4) is 0 Å². The first-order chi connectivity index (χ1) is 19.9. The zero-order chi connectivity index (χ0) is 29.6. The summed E-state index contributed by atoms with van der Waals surface area (Å²) in [6, 6.07) is 23.5. The maximum absolute atomic E-state index is 5.72. The second-order valence-corrected chi connectivity index (χ2v) is 8.66. The molecule has 0 amide bonds. The average Bonchev–Trinajstić information content (AvgIpc) is 2.99. The first-order valence-corrected chi connectivity index (χ1v) is 13.5. The molecule has 0 saturated heterocycles. The van der Waals surface area contributed by atoms with E-state index in [4.69, 9.17) is 5.73 Å². The second kappa shape index (κ2) is 15.4. The molecule has 3 aromatic heterocycles. The molecular formula is C33H38N8. The Morgan fingerprint density at radius 2 is 1.49 bits per heavy atom. The Balaban J connectivity index is 0.000000710. The number of hydrogen-bond donors (Lipinski definition) is 4. The lowest BCUT2D eigenvalue weighted by molar-refractivity contribution is 1.12. The minimum absolute atomic E-state index is 0.241. The van der Waals surface area contributed by atoms with E-state index in [1.54, 1.807) is 12.4 Å². The normalized spacial score (nSPS) is 10.2. The number of nitrogens with two attached hydrogens (primary N) is 1. The highest BCUT2D eigenvalue weighted by molar-refractivity contribution is 5.92. The van der Waals surface area contributed by atoms with Gasteiger partial charge in [-0.3, -0.25) is 9.97 Å². The van der Waals surface area contributed by atoms with Gasteiger partial charge in [0.05, 0.1) is 28.8 Å². The van der Waals surface area contributed by atoms with E-state index < -0.39 is 0 Å². The van der Waals surface area contributed by atoms with Gasteiger partial charge in [0.2, 0.25) is 5.95 Å². The van der Waals surface area contributed by atoms with Crippen molar-refractivity contribution in [1.29, 1.82) is 0 Å². The van der Waals surface area contributed by atoms with Crippen molar-refractivity contribution < 1.29 is 0 Å². The Labute approximate surface area is 242 Å². The molecule has 0 bridgehead atoms. The number of anilines is 6. The van der Waals surface area contributed by atoms with Crippen molar-refractivity contribution in [2.75, 3.05) is 21.7 Å². The number of pyridine rings is 2. The van der Waals surface area contributed by atoms with Gasteiger partial charge in [-0.05, 0) is 69.3 Å². The van der Waals surface area contributed by atoms with Crippen molar-refractivity contribution in [3.63, 3.8) is 0 Å². The lowest BCUT2D eigenvalue weighted by Gasteiger charge is -2.12. The first kappa shape index (κ1) is 30.3. The van der Waals surface area contributed by atoms with Crippen LogP contribution in [0.1, 0.15) is 39.1 Å². The van der Waals surface area contributed by atoms with E-state index in [1.807, 2.05) is 120 Å². The van der Waals surface area contributed by atoms with Gasteiger partial charge >= 0.3 is 0 Å². The molecule has 0 unspecified atom stereocenters. The van der Waals surface area contributed by atoms with Crippen LogP contribution in [0.15, 0.2) is 104 Å². The SMILES string of the molecule is C/C=C\C.C=C(Nc1ccc(Nc2cc(C)nc(N)n2)cc1)c1ccc(Nc2ccnc3ccccc23)cn1.CC. The molecule has 5 aromatic rings. The molecule has 210 valence electrons. The van der Waals surface area contributed by atoms with E-state index in [9.17, 15) is 0 Å². The molecule has 3 heterocycles. The van der Waals surface area contributed by atoms with Crippen molar-refractivity contribution in [3.05, 3.63) is 115 Å². The van der Waals surface area contributed by atoms with Crippen molar-refractivity contribution in [2.24, 2.45) is 0 Å². The molecule has 0 fully saturated rings. The van der Waals surface area contributed by atoms with E-state index in [2.05, 4.69) is 42.5 Å². The summed E-state index contributed by atoms with van der Waals surface area (Å²) in [5, 5.41) is 11.0. The molecule has 0 spiro atoms. The number of rotatable bonds is 7. The maximum Gasteiger partial charge on any atom is 0.222 e. The van der Waals surface area contributed by atoms with Crippen LogP contribution in [0.4, 0.5) is 34.5 Å².